The highest BCUT2D eigenvalue weighted by Gasteiger charge is 2.08. The van der Waals surface area contributed by atoms with Crippen molar-refractivity contribution >= 4 is 24.0 Å². The molecule has 2 aromatic rings. The topological polar surface area (TPSA) is 45.4 Å². The fourth-order valence-corrected chi connectivity index (χ4v) is 2.14. The molecule has 0 aliphatic heterocycles. The first-order chi connectivity index (χ1) is 9.63. The molecule has 0 fully saturated rings. The summed E-state index contributed by atoms with van der Waals surface area (Å²) in [6, 6.07) is 9.89. The van der Waals surface area contributed by atoms with Gasteiger partial charge in [0.1, 0.15) is 11.5 Å². The van der Waals surface area contributed by atoms with Gasteiger partial charge in [0, 0.05) is 16.6 Å². The largest absolute Gasteiger partial charge is 0.460 e. The van der Waals surface area contributed by atoms with E-state index in [2.05, 4.69) is 5.32 Å². The van der Waals surface area contributed by atoms with Gasteiger partial charge in [-0.2, -0.15) is 0 Å². The Labute approximate surface area is 136 Å². The molecular weight excluding hydrogens is 309 g/mol. The lowest BCUT2D eigenvalue weighted by Crippen LogP contribution is -2.30. The van der Waals surface area contributed by atoms with Gasteiger partial charge < -0.3 is 14.8 Å². The second-order valence-electron chi connectivity index (χ2n) is 4.90. The number of aliphatic hydroxyl groups excluding tert-OH is 1. The van der Waals surface area contributed by atoms with Gasteiger partial charge >= 0.3 is 0 Å². The second-order valence-corrected chi connectivity index (χ2v) is 5.31. The maximum atomic E-state index is 9.14. The minimum Gasteiger partial charge on any atom is -0.460 e. The summed E-state index contributed by atoms with van der Waals surface area (Å²) < 4.78 is 5.80. The molecule has 5 heteroatoms. The van der Waals surface area contributed by atoms with E-state index in [0.717, 1.165) is 34.1 Å². The molecule has 2 N–H and O–H groups in total. The van der Waals surface area contributed by atoms with Gasteiger partial charge in [-0.1, -0.05) is 30.7 Å². The van der Waals surface area contributed by atoms with Gasteiger partial charge in [-0.3, -0.25) is 0 Å². The first-order valence-corrected chi connectivity index (χ1v) is 7.21. The van der Waals surface area contributed by atoms with E-state index >= 15 is 0 Å². The van der Waals surface area contributed by atoms with Crippen LogP contribution in [0.3, 0.4) is 0 Å². The molecule has 2 rings (SSSR count). The zero-order valence-corrected chi connectivity index (χ0v) is 13.8. The van der Waals surface area contributed by atoms with Gasteiger partial charge in [0.05, 0.1) is 13.2 Å². The lowest BCUT2D eigenvalue weighted by atomic mass is 10.1. The Morgan fingerprint density at radius 2 is 2.05 bits per heavy atom. The third-order valence-electron chi connectivity index (χ3n) is 3.40. The lowest BCUT2D eigenvalue weighted by Gasteiger charge is -2.12. The van der Waals surface area contributed by atoms with Crippen LogP contribution in [0, 0.1) is 6.92 Å². The number of benzene rings is 1. The smallest absolute Gasteiger partial charge is 0.134 e. The average Bonchev–Trinajstić information content (AvgIpc) is 2.92. The molecule has 3 nitrogen and oxygen atoms in total. The van der Waals surface area contributed by atoms with Crippen molar-refractivity contribution in [3.05, 3.63) is 46.7 Å². The molecule has 1 heterocycles. The summed E-state index contributed by atoms with van der Waals surface area (Å²) in [5.41, 5.74) is 2.03. The zero-order chi connectivity index (χ0) is 14.5. The summed E-state index contributed by atoms with van der Waals surface area (Å²) in [6.45, 7) is 4.76. The fourth-order valence-electron chi connectivity index (χ4n) is 1.96. The highest BCUT2D eigenvalue weighted by atomic mass is 35.5. The van der Waals surface area contributed by atoms with Crippen LogP contribution in [0.25, 0.3) is 11.3 Å². The SMILES string of the molecule is CCC(CO)NCc1ccc(-c2ccc(C)c(Cl)c2)o1.Cl. The number of rotatable bonds is 6. The van der Waals surface area contributed by atoms with Crippen LogP contribution in [0.15, 0.2) is 34.7 Å². The number of aliphatic hydroxyl groups is 1. The maximum absolute atomic E-state index is 9.14. The Morgan fingerprint density at radius 3 is 2.67 bits per heavy atom. The molecule has 0 saturated carbocycles. The van der Waals surface area contributed by atoms with Gasteiger partial charge in [-0.25, -0.2) is 0 Å². The van der Waals surface area contributed by atoms with Crippen molar-refractivity contribution < 1.29 is 9.52 Å². The molecule has 1 unspecified atom stereocenters. The Kier molecular flexibility index (Phi) is 7.26. The van der Waals surface area contributed by atoms with Crippen molar-refractivity contribution in [1.29, 1.82) is 0 Å². The Morgan fingerprint density at radius 1 is 1.29 bits per heavy atom. The summed E-state index contributed by atoms with van der Waals surface area (Å²) in [4.78, 5) is 0. The number of furan rings is 1. The molecular formula is C16H21Cl2NO2. The van der Waals surface area contributed by atoms with E-state index in [4.69, 9.17) is 21.1 Å². The lowest BCUT2D eigenvalue weighted by molar-refractivity contribution is 0.235. The van der Waals surface area contributed by atoms with Crippen molar-refractivity contribution in [1.82, 2.24) is 5.32 Å². The predicted molar refractivity (Wildman–Crippen MR) is 89.1 cm³/mol. The van der Waals surface area contributed by atoms with Crippen LogP contribution in [-0.4, -0.2) is 17.8 Å². The number of aryl methyl sites for hydroxylation is 1. The summed E-state index contributed by atoms with van der Waals surface area (Å²) in [6.07, 6.45) is 0.887. The van der Waals surface area contributed by atoms with E-state index in [1.807, 2.05) is 44.2 Å². The summed E-state index contributed by atoms with van der Waals surface area (Å²) in [7, 11) is 0. The number of hydrogen-bond donors (Lipinski definition) is 2. The van der Waals surface area contributed by atoms with Crippen molar-refractivity contribution in [2.24, 2.45) is 0 Å². The van der Waals surface area contributed by atoms with Crippen LogP contribution < -0.4 is 5.32 Å². The minimum atomic E-state index is 0. The summed E-state index contributed by atoms with van der Waals surface area (Å²) in [5, 5.41) is 13.1. The molecule has 0 spiro atoms. The molecule has 0 aliphatic carbocycles. The van der Waals surface area contributed by atoms with E-state index in [1.54, 1.807) is 0 Å². The van der Waals surface area contributed by atoms with Gasteiger partial charge in [0.2, 0.25) is 0 Å². The van der Waals surface area contributed by atoms with Gasteiger partial charge in [-0.15, -0.1) is 12.4 Å². The molecule has 0 radical (unpaired) electrons. The first-order valence-electron chi connectivity index (χ1n) is 6.83. The van der Waals surface area contributed by atoms with Crippen molar-refractivity contribution in [2.45, 2.75) is 32.9 Å². The molecule has 1 aromatic heterocycles. The van der Waals surface area contributed by atoms with Crippen molar-refractivity contribution in [3.8, 4) is 11.3 Å². The second kappa shape index (κ2) is 8.44. The number of halogens is 2. The Bertz CT molecular complexity index is 565. The monoisotopic (exact) mass is 329 g/mol. The third-order valence-corrected chi connectivity index (χ3v) is 3.80. The molecule has 116 valence electrons. The summed E-state index contributed by atoms with van der Waals surface area (Å²) >= 11 is 6.13. The Balaban J connectivity index is 0.00000220. The van der Waals surface area contributed by atoms with Gasteiger partial charge in [-0.05, 0) is 37.1 Å². The molecule has 0 amide bonds. The highest BCUT2D eigenvalue weighted by Crippen LogP contribution is 2.26. The average molecular weight is 330 g/mol. The highest BCUT2D eigenvalue weighted by molar-refractivity contribution is 6.31. The van der Waals surface area contributed by atoms with Crippen LogP contribution in [0.5, 0.6) is 0 Å². The maximum Gasteiger partial charge on any atom is 0.134 e. The van der Waals surface area contributed by atoms with Crippen molar-refractivity contribution in [2.75, 3.05) is 6.61 Å². The van der Waals surface area contributed by atoms with E-state index in [-0.39, 0.29) is 25.1 Å². The van der Waals surface area contributed by atoms with Gasteiger partial charge in [0.25, 0.3) is 0 Å². The van der Waals surface area contributed by atoms with Crippen LogP contribution in [0.2, 0.25) is 5.02 Å². The zero-order valence-electron chi connectivity index (χ0n) is 12.2. The quantitative estimate of drug-likeness (QED) is 0.835. The fraction of sp³-hybridized carbons (Fsp3) is 0.375. The first kappa shape index (κ1) is 18.1. The third kappa shape index (κ3) is 4.75. The van der Waals surface area contributed by atoms with Crippen LogP contribution in [-0.2, 0) is 6.54 Å². The number of nitrogens with one attached hydrogen (secondary N) is 1. The van der Waals surface area contributed by atoms with Crippen LogP contribution in [0.1, 0.15) is 24.7 Å². The van der Waals surface area contributed by atoms with E-state index in [1.165, 1.54) is 0 Å². The molecule has 21 heavy (non-hydrogen) atoms. The minimum absolute atomic E-state index is 0. The van der Waals surface area contributed by atoms with E-state index in [0.29, 0.717) is 6.54 Å². The molecule has 0 bridgehead atoms. The molecule has 1 atom stereocenters. The van der Waals surface area contributed by atoms with E-state index < -0.39 is 0 Å². The van der Waals surface area contributed by atoms with Gasteiger partial charge in [0.15, 0.2) is 0 Å². The molecule has 0 saturated heterocycles. The molecule has 1 aromatic carbocycles. The van der Waals surface area contributed by atoms with Crippen LogP contribution in [0.4, 0.5) is 0 Å². The molecule has 0 aliphatic rings. The Hall–Kier alpha value is -1.000. The number of hydrogen-bond acceptors (Lipinski definition) is 3. The van der Waals surface area contributed by atoms with E-state index in [9.17, 15) is 0 Å². The standard InChI is InChI=1S/C16H20ClNO2.ClH/c1-3-13(10-19)18-9-14-6-7-16(20-14)12-5-4-11(2)15(17)8-12;/h4-8,13,18-19H,3,9-10H2,1-2H3;1H. The summed E-state index contributed by atoms with van der Waals surface area (Å²) in [5.74, 6) is 1.66. The normalized spacial score (nSPS) is 12.0. The van der Waals surface area contributed by atoms with Crippen LogP contribution >= 0.6 is 24.0 Å². The predicted octanol–water partition coefficient (Wildman–Crippen LogP) is 4.19. The van der Waals surface area contributed by atoms with Crippen molar-refractivity contribution in [3.63, 3.8) is 0 Å².